The quantitative estimate of drug-likeness (QED) is 0.827. The van der Waals surface area contributed by atoms with Crippen molar-refractivity contribution in [2.75, 3.05) is 13.6 Å². The summed E-state index contributed by atoms with van der Waals surface area (Å²) in [6, 6.07) is 4.86. The van der Waals surface area contributed by atoms with Crippen LogP contribution in [0.2, 0.25) is 0 Å². The second-order valence-corrected chi connectivity index (χ2v) is 4.77. The van der Waals surface area contributed by atoms with Crippen molar-refractivity contribution in [3.05, 3.63) is 35.6 Å². The van der Waals surface area contributed by atoms with Gasteiger partial charge in [0.1, 0.15) is 11.9 Å². The largest absolute Gasteiger partial charge is 0.480 e. The number of nitrogens with one attached hydrogen (secondary N) is 1. The third-order valence-corrected chi connectivity index (χ3v) is 3.16. The summed E-state index contributed by atoms with van der Waals surface area (Å²) in [5.41, 5.74) is 0.786. The Balaban J connectivity index is 2.53. The van der Waals surface area contributed by atoms with Gasteiger partial charge in [0.05, 0.1) is 12.6 Å². The van der Waals surface area contributed by atoms with E-state index in [4.69, 9.17) is 5.11 Å². The van der Waals surface area contributed by atoms with Gasteiger partial charge < -0.3 is 10.4 Å². The van der Waals surface area contributed by atoms with Crippen LogP contribution in [0.1, 0.15) is 25.5 Å². The van der Waals surface area contributed by atoms with Gasteiger partial charge in [-0.2, -0.15) is 0 Å². The fraction of sp³-hybridized carbons (Fsp3) is 0.429. The highest BCUT2D eigenvalue weighted by Gasteiger charge is 2.19. The third kappa shape index (κ3) is 4.62. The van der Waals surface area contributed by atoms with Gasteiger partial charge in [-0.1, -0.05) is 12.1 Å². The van der Waals surface area contributed by atoms with E-state index in [1.165, 1.54) is 24.0 Å². The molecule has 0 saturated carbocycles. The monoisotopic (exact) mass is 282 g/mol. The lowest BCUT2D eigenvalue weighted by atomic mass is 10.1. The topological polar surface area (TPSA) is 69.6 Å². The number of carbonyl (C=O) groups excluding carboxylic acids is 1. The first-order valence-corrected chi connectivity index (χ1v) is 6.29. The van der Waals surface area contributed by atoms with Crippen LogP contribution in [0.25, 0.3) is 0 Å². The maximum Gasteiger partial charge on any atom is 0.320 e. The predicted octanol–water partition coefficient (Wildman–Crippen LogP) is 1.41. The number of benzene rings is 1. The van der Waals surface area contributed by atoms with E-state index in [2.05, 4.69) is 5.32 Å². The first kappa shape index (κ1) is 16.1. The molecule has 1 amide bonds. The molecule has 0 aliphatic carbocycles. The molecule has 20 heavy (non-hydrogen) atoms. The molecule has 0 aromatic heterocycles. The highest BCUT2D eigenvalue weighted by atomic mass is 19.1. The molecule has 0 radical (unpaired) electrons. The molecule has 0 spiro atoms. The minimum Gasteiger partial charge on any atom is -0.480 e. The van der Waals surface area contributed by atoms with Crippen LogP contribution >= 0.6 is 0 Å². The van der Waals surface area contributed by atoms with Gasteiger partial charge in [0.15, 0.2) is 0 Å². The van der Waals surface area contributed by atoms with E-state index < -0.39 is 12.0 Å². The smallest absolute Gasteiger partial charge is 0.320 e. The number of hydrogen-bond acceptors (Lipinski definition) is 3. The number of likely N-dealkylation sites (N-methyl/N-ethyl adjacent to an activating group) is 1. The molecule has 0 bridgehead atoms. The molecule has 0 aliphatic rings. The Kier molecular flexibility index (Phi) is 5.64. The van der Waals surface area contributed by atoms with Crippen LogP contribution in [0.15, 0.2) is 24.3 Å². The number of carbonyl (C=O) groups is 2. The molecule has 0 aliphatic heterocycles. The van der Waals surface area contributed by atoms with Crippen LogP contribution in [0.5, 0.6) is 0 Å². The van der Waals surface area contributed by atoms with Gasteiger partial charge in [0.25, 0.3) is 0 Å². The Hall–Kier alpha value is -1.95. The molecule has 1 aromatic carbocycles. The summed E-state index contributed by atoms with van der Waals surface area (Å²) < 4.78 is 12.8. The van der Waals surface area contributed by atoms with E-state index in [1.54, 1.807) is 26.1 Å². The fourth-order valence-electron chi connectivity index (χ4n) is 1.67. The van der Waals surface area contributed by atoms with Gasteiger partial charge in [-0.15, -0.1) is 0 Å². The van der Waals surface area contributed by atoms with Gasteiger partial charge in [-0.05, 0) is 38.6 Å². The number of nitrogens with zero attached hydrogens (tertiary/aromatic N) is 1. The summed E-state index contributed by atoms with van der Waals surface area (Å²) in [6.07, 6.45) is 0. The lowest BCUT2D eigenvalue weighted by Gasteiger charge is -2.22. The highest BCUT2D eigenvalue weighted by Crippen LogP contribution is 2.12. The molecule has 1 aromatic rings. The number of carboxylic acids is 1. The van der Waals surface area contributed by atoms with Crippen molar-refractivity contribution in [2.24, 2.45) is 0 Å². The zero-order chi connectivity index (χ0) is 15.3. The van der Waals surface area contributed by atoms with E-state index in [-0.39, 0.29) is 24.3 Å². The van der Waals surface area contributed by atoms with Crippen molar-refractivity contribution in [3.8, 4) is 0 Å². The van der Waals surface area contributed by atoms with Gasteiger partial charge in [0.2, 0.25) is 5.91 Å². The second-order valence-electron chi connectivity index (χ2n) is 4.77. The van der Waals surface area contributed by atoms with Crippen LogP contribution in [0, 0.1) is 5.82 Å². The molecule has 2 atom stereocenters. The molecular formula is C14H19FN2O3. The summed E-state index contributed by atoms with van der Waals surface area (Å²) in [6.45, 7) is 3.28. The Bertz CT molecular complexity index is 476. The van der Waals surface area contributed by atoms with E-state index >= 15 is 0 Å². The predicted molar refractivity (Wildman–Crippen MR) is 72.7 cm³/mol. The molecule has 0 fully saturated rings. The standard InChI is InChI=1S/C14H19FN2O3/c1-9(11-4-6-12(15)7-5-11)16-13(18)8-17(3)10(2)14(19)20/h4-7,9-10H,8H2,1-3H3,(H,16,18)(H,19,20). The first-order valence-electron chi connectivity index (χ1n) is 6.29. The third-order valence-electron chi connectivity index (χ3n) is 3.16. The number of hydrogen-bond donors (Lipinski definition) is 2. The summed E-state index contributed by atoms with van der Waals surface area (Å²) in [4.78, 5) is 24.0. The Morgan fingerprint density at radius 1 is 1.30 bits per heavy atom. The average molecular weight is 282 g/mol. The van der Waals surface area contributed by atoms with Crippen LogP contribution in [0.3, 0.4) is 0 Å². The normalized spacial score (nSPS) is 13.8. The maximum atomic E-state index is 12.8. The van der Waals surface area contributed by atoms with Gasteiger partial charge in [-0.3, -0.25) is 14.5 Å². The van der Waals surface area contributed by atoms with Crippen molar-refractivity contribution in [3.63, 3.8) is 0 Å². The van der Waals surface area contributed by atoms with Crippen LogP contribution < -0.4 is 5.32 Å². The van der Waals surface area contributed by atoms with E-state index in [0.717, 1.165) is 5.56 Å². The molecule has 1 rings (SSSR count). The lowest BCUT2D eigenvalue weighted by Crippen LogP contribution is -2.43. The van der Waals surface area contributed by atoms with Crippen molar-refractivity contribution in [2.45, 2.75) is 25.9 Å². The van der Waals surface area contributed by atoms with E-state index in [0.29, 0.717) is 0 Å². The summed E-state index contributed by atoms with van der Waals surface area (Å²) in [5.74, 6) is -1.59. The zero-order valence-corrected chi connectivity index (χ0v) is 11.8. The summed E-state index contributed by atoms with van der Waals surface area (Å²) in [5, 5.41) is 11.6. The molecule has 5 nitrogen and oxygen atoms in total. The molecule has 6 heteroatoms. The molecule has 0 heterocycles. The molecule has 0 saturated heterocycles. The van der Waals surface area contributed by atoms with Crippen LogP contribution in [0.4, 0.5) is 4.39 Å². The van der Waals surface area contributed by atoms with E-state index in [9.17, 15) is 14.0 Å². The number of carboxylic acid groups (broad SMARTS) is 1. The number of amides is 1. The van der Waals surface area contributed by atoms with Gasteiger partial charge >= 0.3 is 5.97 Å². The van der Waals surface area contributed by atoms with Crippen LogP contribution in [-0.2, 0) is 9.59 Å². The summed E-state index contributed by atoms with van der Waals surface area (Å²) in [7, 11) is 1.57. The number of halogens is 1. The molecule has 2 N–H and O–H groups in total. The Morgan fingerprint density at radius 2 is 1.85 bits per heavy atom. The lowest BCUT2D eigenvalue weighted by molar-refractivity contribution is -0.142. The minimum atomic E-state index is -0.980. The molecule has 2 unspecified atom stereocenters. The first-order chi connectivity index (χ1) is 9.31. The molecular weight excluding hydrogens is 263 g/mol. The number of rotatable bonds is 6. The van der Waals surface area contributed by atoms with Crippen molar-refractivity contribution < 1.29 is 19.1 Å². The second kappa shape index (κ2) is 7.00. The van der Waals surface area contributed by atoms with Gasteiger partial charge in [0, 0.05) is 0 Å². The molecule has 110 valence electrons. The maximum absolute atomic E-state index is 12.8. The Morgan fingerprint density at radius 3 is 2.35 bits per heavy atom. The number of aliphatic carboxylic acids is 1. The van der Waals surface area contributed by atoms with Crippen molar-refractivity contribution >= 4 is 11.9 Å². The highest BCUT2D eigenvalue weighted by molar-refractivity contribution is 5.80. The van der Waals surface area contributed by atoms with Crippen LogP contribution in [-0.4, -0.2) is 41.5 Å². The minimum absolute atomic E-state index is 0.0149. The summed E-state index contributed by atoms with van der Waals surface area (Å²) >= 11 is 0. The fourth-order valence-corrected chi connectivity index (χ4v) is 1.67. The average Bonchev–Trinajstić information content (AvgIpc) is 2.37. The SMILES string of the molecule is CC(NC(=O)CN(C)C(C)C(=O)O)c1ccc(F)cc1. The Labute approximate surface area is 117 Å². The zero-order valence-electron chi connectivity index (χ0n) is 11.8. The van der Waals surface area contributed by atoms with E-state index in [1.807, 2.05) is 0 Å². The van der Waals surface area contributed by atoms with Crippen molar-refractivity contribution in [1.82, 2.24) is 10.2 Å². The van der Waals surface area contributed by atoms with Crippen molar-refractivity contribution in [1.29, 1.82) is 0 Å². The van der Waals surface area contributed by atoms with Gasteiger partial charge in [-0.25, -0.2) is 4.39 Å².